The van der Waals surface area contributed by atoms with Gasteiger partial charge in [0.1, 0.15) is 5.75 Å². The highest BCUT2D eigenvalue weighted by molar-refractivity contribution is 8.16. The number of ether oxygens (including phenoxy) is 1. The summed E-state index contributed by atoms with van der Waals surface area (Å²) in [6.45, 7) is 5.12. The molecule has 0 radical (unpaired) electrons. The lowest BCUT2D eigenvalue weighted by Gasteiger charge is -2.35. The number of nitrogens with zero attached hydrogens (tertiary/aromatic N) is 5. The minimum absolute atomic E-state index is 0.119. The van der Waals surface area contributed by atoms with Crippen molar-refractivity contribution in [2.24, 2.45) is 15.0 Å². The third kappa shape index (κ3) is 6.97. The van der Waals surface area contributed by atoms with E-state index in [4.69, 9.17) is 9.98 Å². The van der Waals surface area contributed by atoms with Crippen molar-refractivity contribution in [1.82, 2.24) is 4.98 Å². The fourth-order valence-corrected chi connectivity index (χ4v) is 5.26. The maximum Gasteiger partial charge on any atom is 0.394 e. The van der Waals surface area contributed by atoms with Crippen molar-refractivity contribution < 1.29 is 13.5 Å². The second-order valence-electron chi connectivity index (χ2n) is 10.0. The average Bonchev–Trinajstić information content (AvgIpc) is 2.93. The number of hydrogen-bond acceptors (Lipinski definition) is 5. The van der Waals surface area contributed by atoms with Gasteiger partial charge < -0.3 is 9.64 Å². The number of para-hydroxylation sites is 1. The lowest BCUT2D eigenvalue weighted by molar-refractivity contribution is -0.158. The number of alkyl halides is 2. The predicted molar refractivity (Wildman–Crippen MR) is 167 cm³/mol. The molecule has 5 rings (SSSR count). The van der Waals surface area contributed by atoms with Crippen LogP contribution in [0.25, 0.3) is 10.9 Å². The van der Waals surface area contributed by atoms with Crippen molar-refractivity contribution in [3.8, 4) is 5.75 Å². The Morgan fingerprint density at radius 2 is 1.85 bits per heavy atom. The van der Waals surface area contributed by atoms with Crippen LogP contribution < -0.4 is 9.64 Å². The van der Waals surface area contributed by atoms with E-state index in [0.29, 0.717) is 30.9 Å². The van der Waals surface area contributed by atoms with Gasteiger partial charge in [-0.3, -0.25) is 4.99 Å². The summed E-state index contributed by atoms with van der Waals surface area (Å²) in [4.78, 5) is 20.8. The topological polar surface area (TPSA) is 62.4 Å². The van der Waals surface area contributed by atoms with E-state index in [2.05, 4.69) is 57.7 Å². The van der Waals surface area contributed by atoms with E-state index in [0.717, 1.165) is 33.1 Å². The Hall–Kier alpha value is -4.11. The third-order valence-electron chi connectivity index (χ3n) is 6.52. The van der Waals surface area contributed by atoms with Crippen LogP contribution in [0.5, 0.6) is 5.75 Å². The fraction of sp³-hybridized carbons (Fsp3) is 0.250. The summed E-state index contributed by atoms with van der Waals surface area (Å²) < 4.78 is 30.6. The van der Waals surface area contributed by atoms with Gasteiger partial charge in [-0.05, 0) is 65.6 Å². The van der Waals surface area contributed by atoms with E-state index in [-0.39, 0.29) is 5.75 Å². The van der Waals surface area contributed by atoms with Gasteiger partial charge in [0.15, 0.2) is 16.8 Å². The van der Waals surface area contributed by atoms with Crippen LogP contribution in [0.1, 0.15) is 43.4 Å². The second-order valence-corrected chi connectivity index (χ2v) is 10.9. The highest BCUT2D eigenvalue weighted by atomic mass is 32.2. The molecule has 1 fully saturated rings. The number of benzene rings is 3. The molecule has 0 bridgehead atoms. The minimum Gasteiger partial charge on any atom is -0.433 e. The van der Waals surface area contributed by atoms with Crippen LogP contribution in [-0.2, 0) is 6.42 Å². The first-order chi connectivity index (χ1) is 19.7. The van der Waals surface area contributed by atoms with Gasteiger partial charge in [-0.2, -0.15) is 8.78 Å². The van der Waals surface area contributed by atoms with E-state index in [1.807, 2.05) is 30.3 Å². The van der Waals surface area contributed by atoms with Crippen LogP contribution in [0.4, 0.5) is 20.3 Å². The Labute approximate surface area is 242 Å². The Balaban J connectivity index is 1.28. The Morgan fingerprint density at radius 1 is 1.07 bits per heavy atom. The van der Waals surface area contributed by atoms with Crippen molar-refractivity contribution in [3.63, 3.8) is 0 Å². The minimum atomic E-state index is -3.21. The molecule has 0 amide bonds. The van der Waals surface area contributed by atoms with Crippen molar-refractivity contribution in [2.75, 3.05) is 17.8 Å². The molecule has 1 aromatic heterocycles. The first-order valence-electron chi connectivity index (χ1n) is 13.3. The van der Waals surface area contributed by atoms with Crippen LogP contribution in [0, 0.1) is 0 Å². The van der Waals surface area contributed by atoms with E-state index in [1.54, 1.807) is 37.2 Å². The van der Waals surface area contributed by atoms with Crippen LogP contribution in [-0.4, -0.2) is 41.2 Å². The van der Waals surface area contributed by atoms with Crippen LogP contribution >= 0.6 is 11.8 Å². The molecule has 0 saturated carbocycles. The fourth-order valence-electron chi connectivity index (χ4n) is 4.49. The molecule has 0 unspecified atom stereocenters. The van der Waals surface area contributed by atoms with E-state index < -0.39 is 6.11 Å². The standard InChI is InChI=1S/C32H31F2N5OS/c1-21(2)26-7-5-6-8-28(26)39-20-41-31(39)38-29-16-12-23-19-24(11-15-27(23)37-29)30(35-4)36-18-17-22-9-13-25(14-10-22)40-32(3,33)34/h5-16,18-19,21H,17,20H2,1-4H3. The summed E-state index contributed by atoms with van der Waals surface area (Å²) in [6, 6.07) is 24.9. The normalized spacial score (nSPS) is 15.2. The monoisotopic (exact) mass is 571 g/mol. The van der Waals surface area contributed by atoms with Gasteiger partial charge in [0.05, 0.1) is 11.4 Å². The maximum atomic E-state index is 13.0. The first-order valence-corrected chi connectivity index (χ1v) is 14.3. The van der Waals surface area contributed by atoms with Gasteiger partial charge in [-0.15, -0.1) is 0 Å². The predicted octanol–water partition coefficient (Wildman–Crippen LogP) is 8.24. The molecule has 2 heterocycles. The van der Waals surface area contributed by atoms with Gasteiger partial charge in [0, 0.05) is 43.2 Å². The van der Waals surface area contributed by atoms with Crippen molar-refractivity contribution >= 4 is 51.4 Å². The van der Waals surface area contributed by atoms with Crippen molar-refractivity contribution in [3.05, 3.63) is 95.6 Å². The molecule has 41 heavy (non-hydrogen) atoms. The quantitative estimate of drug-likeness (QED) is 0.158. The van der Waals surface area contributed by atoms with Crippen molar-refractivity contribution in [1.29, 1.82) is 0 Å². The molecule has 6 nitrogen and oxygen atoms in total. The Kier molecular flexibility index (Phi) is 8.44. The number of aromatic nitrogens is 1. The summed E-state index contributed by atoms with van der Waals surface area (Å²) in [5.41, 5.74) is 5.14. The number of hydrogen-bond donors (Lipinski definition) is 0. The SMILES string of the molecule is CN=C(N=CCc1ccc(OC(C)(F)F)cc1)c1ccc2nc(N=C3SCN3c3ccccc3C(C)C)ccc2c1. The summed E-state index contributed by atoms with van der Waals surface area (Å²) >= 11 is 1.71. The largest absolute Gasteiger partial charge is 0.433 e. The number of fused-ring (bicyclic) bond motifs is 1. The molecular weight excluding hydrogens is 540 g/mol. The zero-order valence-corrected chi connectivity index (χ0v) is 24.2. The molecule has 9 heteroatoms. The van der Waals surface area contributed by atoms with Crippen molar-refractivity contribution in [2.45, 2.75) is 39.2 Å². The molecule has 0 aliphatic carbocycles. The second kappa shape index (κ2) is 12.2. The molecular formula is C32H31F2N5OS. The number of anilines is 1. The lowest BCUT2D eigenvalue weighted by atomic mass is 10.0. The smallest absolute Gasteiger partial charge is 0.394 e. The lowest BCUT2D eigenvalue weighted by Crippen LogP contribution is -2.39. The van der Waals surface area contributed by atoms with Gasteiger partial charge >= 0.3 is 6.11 Å². The summed E-state index contributed by atoms with van der Waals surface area (Å²) in [5.74, 6) is 2.68. The summed E-state index contributed by atoms with van der Waals surface area (Å²) in [7, 11) is 1.70. The average molecular weight is 572 g/mol. The number of pyridine rings is 1. The van der Waals surface area contributed by atoms with Gasteiger partial charge in [-0.25, -0.2) is 15.0 Å². The van der Waals surface area contributed by atoms with Gasteiger partial charge in [-0.1, -0.05) is 55.9 Å². The van der Waals surface area contributed by atoms with E-state index in [1.165, 1.54) is 23.4 Å². The molecule has 1 aliphatic rings. The third-order valence-corrected chi connectivity index (χ3v) is 7.48. The number of rotatable bonds is 8. The first kappa shape index (κ1) is 28.4. The van der Waals surface area contributed by atoms with Crippen LogP contribution in [0.3, 0.4) is 0 Å². The molecule has 0 spiro atoms. The van der Waals surface area contributed by atoms with Crippen LogP contribution in [0.2, 0.25) is 0 Å². The highest BCUT2D eigenvalue weighted by Gasteiger charge is 2.27. The molecule has 0 atom stereocenters. The number of aliphatic imine (C=N–C) groups is 3. The van der Waals surface area contributed by atoms with E-state index in [9.17, 15) is 8.78 Å². The van der Waals surface area contributed by atoms with E-state index >= 15 is 0 Å². The molecule has 1 aliphatic heterocycles. The molecule has 1 saturated heterocycles. The van der Waals surface area contributed by atoms with Gasteiger partial charge in [0.2, 0.25) is 0 Å². The zero-order valence-electron chi connectivity index (χ0n) is 23.4. The Bertz CT molecular complexity index is 1630. The van der Waals surface area contributed by atoms with Crippen LogP contribution in [0.15, 0.2) is 93.8 Å². The maximum absolute atomic E-state index is 13.0. The molecule has 0 N–H and O–H groups in total. The Morgan fingerprint density at radius 3 is 2.54 bits per heavy atom. The highest BCUT2D eigenvalue weighted by Crippen LogP contribution is 2.36. The molecule has 3 aromatic carbocycles. The summed E-state index contributed by atoms with van der Waals surface area (Å²) in [6.07, 6.45) is -0.928. The van der Waals surface area contributed by atoms with Gasteiger partial charge in [0.25, 0.3) is 0 Å². The molecule has 4 aromatic rings. The summed E-state index contributed by atoms with van der Waals surface area (Å²) in [5, 5.41) is 1.91. The number of amidine groups is 2. The zero-order chi connectivity index (χ0) is 29.0. The number of halogens is 2. The number of thioether (sulfide) groups is 1. The molecule has 210 valence electrons.